The Bertz CT molecular complexity index is 1930. The standard InChI is InChI=1S/C33H32FN7O4/c1-38(26-15-17-44-20-26)16-5-10-29(42)39(2)24-7-4-8-25(19-24)41-32-30(31(35)36-21-37-32)40(33(41)43)23-11-13-27(14-12-23)45-28-9-3-6-22(34)18-28/h3-14,18-19,21,26H,15-17,20H2,1-2H3,(H2,35,36,37)/b10-5+. The number of rotatable bonds is 9. The van der Waals surface area contributed by atoms with Gasteiger partial charge in [-0.3, -0.25) is 14.3 Å². The van der Waals surface area contributed by atoms with Crippen LogP contribution in [0.2, 0.25) is 0 Å². The third-order valence-corrected chi connectivity index (χ3v) is 7.76. The molecule has 5 aromatic rings. The van der Waals surface area contributed by atoms with Crippen molar-refractivity contribution in [1.82, 2.24) is 24.0 Å². The molecule has 12 heteroatoms. The van der Waals surface area contributed by atoms with E-state index >= 15 is 0 Å². The van der Waals surface area contributed by atoms with Crippen molar-refractivity contribution in [2.75, 3.05) is 44.5 Å². The van der Waals surface area contributed by atoms with Crippen LogP contribution < -0.4 is 21.1 Å². The van der Waals surface area contributed by atoms with Crippen molar-refractivity contribution >= 4 is 28.6 Å². The van der Waals surface area contributed by atoms with Crippen LogP contribution in [0.1, 0.15) is 6.42 Å². The Kier molecular flexibility index (Phi) is 8.41. The first-order valence-electron chi connectivity index (χ1n) is 14.4. The number of ether oxygens (including phenoxy) is 2. The topological polar surface area (TPSA) is 121 Å². The Balaban J connectivity index is 1.29. The Morgan fingerprint density at radius 1 is 1.04 bits per heavy atom. The summed E-state index contributed by atoms with van der Waals surface area (Å²) in [4.78, 5) is 39.2. The minimum atomic E-state index is -0.430. The van der Waals surface area contributed by atoms with E-state index in [4.69, 9.17) is 15.2 Å². The van der Waals surface area contributed by atoms with Gasteiger partial charge in [0.15, 0.2) is 11.5 Å². The molecule has 1 unspecified atom stereocenters. The van der Waals surface area contributed by atoms with E-state index in [1.54, 1.807) is 73.8 Å². The molecule has 1 saturated heterocycles. The normalized spacial score (nSPS) is 14.9. The van der Waals surface area contributed by atoms with Crippen LogP contribution in [0, 0.1) is 5.82 Å². The maximum absolute atomic E-state index is 14.0. The zero-order valence-corrected chi connectivity index (χ0v) is 24.8. The lowest BCUT2D eigenvalue weighted by Gasteiger charge is -2.21. The summed E-state index contributed by atoms with van der Waals surface area (Å²) in [7, 11) is 3.70. The van der Waals surface area contributed by atoms with Crippen LogP contribution in [0.15, 0.2) is 96.1 Å². The molecule has 45 heavy (non-hydrogen) atoms. The summed E-state index contributed by atoms with van der Waals surface area (Å²) in [5.41, 5.74) is 8.06. The first-order chi connectivity index (χ1) is 21.8. The number of aromatic nitrogens is 4. The van der Waals surface area contributed by atoms with Gasteiger partial charge in [0.05, 0.1) is 18.0 Å². The van der Waals surface area contributed by atoms with Gasteiger partial charge < -0.3 is 20.1 Å². The average Bonchev–Trinajstić information content (AvgIpc) is 3.68. The highest BCUT2D eigenvalue weighted by Gasteiger charge is 2.22. The van der Waals surface area contributed by atoms with Crippen LogP contribution in [0.25, 0.3) is 22.5 Å². The fraction of sp³-hybridized carbons (Fsp3) is 0.212. The number of likely N-dealkylation sites (N-methyl/N-ethyl adjacent to an activating group) is 2. The average molecular weight is 610 g/mol. The minimum absolute atomic E-state index is 0.124. The maximum Gasteiger partial charge on any atom is 0.339 e. The number of halogens is 1. The van der Waals surface area contributed by atoms with Crippen molar-refractivity contribution in [2.24, 2.45) is 0 Å². The van der Waals surface area contributed by atoms with Crippen LogP contribution in [-0.2, 0) is 9.53 Å². The number of nitrogens with zero attached hydrogens (tertiary/aromatic N) is 6. The second-order valence-corrected chi connectivity index (χ2v) is 10.7. The summed E-state index contributed by atoms with van der Waals surface area (Å²) in [6.45, 7) is 2.09. The van der Waals surface area contributed by atoms with E-state index in [0.717, 1.165) is 13.0 Å². The molecule has 2 aromatic heterocycles. The highest BCUT2D eigenvalue weighted by molar-refractivity contribution is 6.01. The smallest absolute Gasteiger partial charge is 0.339 e. The van der Waals surface area contributed by atoms with Crippen LogP contribution in [-0.4, -0.2) is 69.8 Å². The zero-order valence-electron chi connectivity index (χ0n) is 24.8. The van der Waals surface area contributed by atoms with E-state index in [0.29, 0.717) is 58.9 Å². The SMILES string of the molecule is CN(C(=O)/C=C/CN(C)C1CCOC1)c1cccc(-n2c(=O)n(-c3ccc(Oc4cccc(F)c4)cc3)c3c(N)ncnc32)c1. The molecule has 2 N–H and O–H groups in total. The molecule has 11 nitrogen and oxygen atoms in total. The summed E-state index contributed by atoms with van der Waals surface area (Å²) in [6.07, 6.45) is 5.67. The van der Waals surface area contributed by atoms with Gasteiger partial charge in [0.1, 0.15) is 29.2 Å². The molecule has 230 valence electrons. The van der Waals surface area contributed by atoms with Crippen LogP contribution >= 0.6 is 0 Å². The molecule has 1 amide bonds. The molecule has 0 bridgehead atoms. The lowest BCUT2D eigenvalue weighted by Crippen LogP contribution is -2.32. The van der Waals surface area contributed by atoms with Crippen molar-refractivity contribution in [3.8, 4) is 22.9 Å². The van der Waals surface area contributed by atoms with Gasteiger partial charge in [0.25, 0.3) is 0 Å². The fourth-order valence-corrected chi connectivity index (χ4v) is 5.27. The Labute approximate surface area is 258 Å². The van der Waals surface area contributed by atoms with E-state index in [1.807, 2.05) is 13.1 Å². The molecule has 0 radical (unpaired) electrons. The van der Waals surface area contributed by atoms with Crippen molar-refractivity contribution < 1.29 is 18.7 Å². The van der Waals surface area contributed by atoms with Gasteiger partial charge in [-0.25, -0.2) is 23.7 Å². The van der Waals surface area contributed by atoms with Crippen LogP contribution in [0.3, 0.4) is 0 Å². The lowest BCUT2D eigenvalue weighted by molar-refractivity contribution is -0.113. The number of benzene rings is 3. The number of nitrogen functional groups attached to an aromatic ring is 1. The second kappa shape index (κ2) is 12.7. The minimum Gasteiger partial charge on any atom is -0.457 e. The third-order valence-electron chi connectivity index (χ3n) is 7.76. The van der Waals surface area contributed by atoms with E-state index in [9.17, 15) is 14.0 Å². The van der Waals surface area contributed by atoms with Crippen LogP contribution in [0.4, 0.5) is 15.9 Å². The number of anilines is 2. The monoisotopic (exact) mass is 609 g/mol. The largest absolute Gasteiger partial charge is 0.457 e. The van der Waals surface area contributed by atoms with Gasteiger partial charge in [-0.15, -0.1) is 0 Å². The number of carbonyl (C=O) groups is 1. The number of fused-ring (bicyclic) bond motifs is 1. The Hall–Kier alpha value is -5.33. The van der Waals surface area contributed by atoms with E-state index in [2.05, 4.69) is 14.9 Å². The molecular formula is C33H32FN7O4. The number of imidazole rings is 1. The lowest BCUT2D eigenvalue weighted by atomic mass is 10.2. The van der Waals surface area contributed by atoms with Crippen molar-refractivity contribution in [2.45, 2.75) is 12.5 Å². The summed E-state index contributed by atoms with van der Waals surface area (Å²) in [6, 6.07) is 20.0. The van der Waals surface area contributed by atoms with Gasteiger partial charge in [0.2, 0.25) is 5.91 Å². The van der Waals surface area contributed by atoms with Crippen molar-refractivity contribution in [3.63, 3.8) is 0 Å². The van der Waals surface area contributed by atoms with E-state index in [-0.39, 0.29) is 11.7 Å². The Morgan fingerprint density at radius 2 is 1.84 bits per heavy atom. The summed E-state index contributed by atoms with van der Waals surface area (Å²) < 4.78 is 27.6. The van der Waals surface area contributed by atoms with Gasteiger partial charge in [-0.1, -0.05) is 18.2 Å². The van der Waals surface area contributed by atoms with Crippen LogP contribution in [0.5, 0.6) is 11.5 Å². The highest BCUT2D eigenvalue weighted by atomic mass is 19.1. The summed E-state index contributed by atoms with van der Waals surface area (Å²) in [5, 5.41) is 0. The van der Waals surface area contributed by atoms with Gasteiger partial charge in [0, 0.05) is 44.1 Å². The fourth-order valence-electron chi connectivity index (χ4n) is 5.27. The van der Waals surface area contributed by atoms with Crippen molar-refractivity contribution in [3.05, 3.63) is 108 Å². The molecule has 3 heterocycles. The van der Waals surface area contributed by atoms with Crippen molar-refractivity contribution in [1.29, 1.82) is 0 Å². The predicted octanol–water partition coefficient (Wildman–Crippen LogP) is 4.32. The number of amides is 1. The Morgan fingerprint density at radius 3 is 2.60 bits per heavy atom. The molecule has 1 atom stereocenters. The van der Waals surface area contributed by atoms with E-state index in [1.165, 1.54) is 32.5 Å². The number of nitrogens with two attached hydrogens (primary N) is 1. The molecule has 1 aliphatic rings. The molecule has 3 aromatic carbocycles. The molecular weight excluding hydrogens is 577 g/mol. The summed E-state index contributed by atoms with van der Waals surface area (Å²) in [5.74, 6) is 0.315. The molecule has 1 fully saturated rings. The summed E-state index contributed by atoms with van der Waals surface area (Å²) >= 11 is 0. The number of hydrogen-bond acceptors (Lipinski definition) is 8. The molecule has 0 spiro atoms. The third kappa shape index (κ3) is 6.19. The van der Waals surface area contributed by atoms with Gasteiger partial charge >= 0.3 is 5.69 Å². The first kappa shape index (κ1) is 29.7. The molecule has 0 saturated carbocycles. The predicted molar refractivity (Wildman–Crippen MR) is 170 cm³/mol. The first-order valence-corrected chi connectivity index (χ1v) is 14.4. The van der Waals surface area contributed by atoms with Gasteiger partial charge in [-0.2, -0.15) is 0 Å². The van der Waals surface area contributed by atoms with E-state index < -0.39 is 11.5 Å². The van der Waals surface area contributed by atoms with Gasteiger partial charge in [-0.05, 0) is 68.1 Å². The quantitative estimate of drug-likeness (QED) is 0.245. The second-order valence-electron chi connectivity index (χ2n) is 10.7. The number of hydrogen-bond donors (Lipinski definition) is 1. The maximum atomic E-state index is 14.0. The highest BCUT2D eigenvalue weighted by Crippen LogP contribution is 2.27. The molecule has 1 aliphatic heterocycles. The molecule has 6 rings (SSSR count). The zero-order chi connectivity index (χ0) is 31.5. The number of carbonyl (C=O) groups excluding carboxylic acids is 1. The molecule has 0 aliphatic carbocycles.